The molecule has 0 amide bonds. The third-order valence-corrected chi connectivity index (χ3v) is 9.39. The molecule has 0 fully saturated rings. The number of carbonyl (C=O) groups excluding carboxylic acids is 4. The summed E-state index contributed by atoms with van der Waals surface area (Å²) in [6.45, 7) is 0. The van der Waals surface area contributed by atoms with Crippen molar-refractivity contribution in [2.45, 2.75) is 49.7 Å². The molecule has 10 N–H and O–H groups in total. The SMILES string of the molecule is O=C(O)C(=O)CC(O)(Cc1c[nH]c2ccccc12)C(=O)O.O=C(O)C(=O)CC(O)(Cc1ccccc1)C(=O)O.O=C(O)C(=O)Cc1c[nH]c2ccccc12.O=C(O)C(=O)Cc1ccccc1. The van der Waals surface area contributed by atoms with Crippen molar-refractivity contribution >= 4 is 80.8 Å². The summed E-state index contributed by atoms with van der Waals surface area (Å²) in [7, 11) is 0. The van der Waals surface area contributed by atoms with E-state index in [2.05, 4.69) is 9.97 Å². The van der Waals surface area contributed by atoms with E-state index in [1.807, 2.05) is 30.3 Å². The van der Waals surface area contributed by atoms with E-state index in [9.17, 15) is 58.2 Å². The number of nitrogens with one attached hydrogen (secondary N) is 2. The molecule has 20 heteroatoms. The van der Waals surface area contributed by atoms with Crippen LogP contribution in [-0.4, -0.2) is 121 Å². The van der Waals surface area contributed by atoms with Crippen LogP contribution in [0.3, 0.4) is 0 Å². The van der Waals surface area contributed by atoms with Crippen molar-refractivity contribution in [3.63, 3.8) is 0 Å². The Hall–Kier alpha value is -8.62. The van der Waals surface area contributed by atoms with Crippen LogP contribution in [0.25, 0.3) is 21.8 Å². The maximum Gasteiger partial charge on any atom is 0.372 e. The molecule has 2 heterocycles. The molecular formula is C46H42N2O18. The lowest BCUT2D eigenvalue weighted by molar-refractivity contribution is -0.164. The fourth-order valence-electron chi connectivity index (χ4n) is 6.02. The quantitative estimate of drug-likeness (QED) is 0.0554. The van der Waals surface area contributed by atoms with Gasteiger partial charge in [0.15, 0.2) is 11.2 Å². The van der Waals surface area contributed by atoms with Gasteiger partial charge in [-0.2, -0.15) is 0 Å². The molecule has 20 nitrogen and oxygen atoms in total. The van der Waals surface area contributed by atoms with E-state index in [0.29, 0.717) is 16.5 Å². The Labute approximate surface area is 372 Å². The van der Waals surface area contributed by atoms with Gasteiger partial charge in [-0.25, -0.2) is 28.8 Å². The van der Waals surface area contributed by atoms with Crippen molar-refractivity contribution in [3.05, 3.63) is 144 Å². The van der Waals surface area contributed by atoms with Gasteiger partial charge in [0, 0.05) is 59.9 Å². The van der Waals surface area contributed by atoms with Crippen molar-refractivity contribution in [3.8, 4) is 0 Å². The molecule has 2 atom stereocenters. The van der Waals surface area contributed by atoms with E-state index in [1.54, 1.807) is 85.1 Å². The highest BCUT2D eigenvalue weighted by molar-refractivity contribution is 6.34. The molecule has 4 aromatic carbocycles. The number of aliphatic carboxylic acids is 6. The standard InChI is InChI=1S/C14H13NO6.C12H12O6.C11H9NO3.C9H8O3/c16-11(12(17)18)6-14(21,13(19)20)5-8-7-15-10-4-2-1-3-9(8)10;13-9(10(14)15)7-12(18,11(16)17)6-8-4-2-1-3-5-8;13-10(11(14)15)5-7-6-12-9-4-2-1-3-8(7)9;10-8(9(11)12)6-7-4-2-1-3-5-7/h1-4,7,15,21H,5-6H2,(H,17,18)(H,19,20);1-5,18H,6-7H2,(H,14,15)(H,16,17);1-4,6,12H,5H2,(H,14,15);1-5H,6H2,(H,11,12). The summed E-state index contributed by atoms with van der Waals surface area (Å²) in [5.41, 5.74) is -0.760. The van der Waals surface area contributed by atoms with Crippen LogP contribution in [0, 0.1) is 0 Å². The second-order valence-electron chi connectivity index (χ2n) is 14.3. The van der Waals surface area contributed by atoms with Crippen molar-refractivity contribution < 1.29 is 88.8 Å². The highest BCUT2D eigenvalue weighted by Crippen LogP contribution is 2.25. The van der Waals surface area contributed by atoms with Crippen molar-refractivity contribution in [2.75, 3.05) is 0 Å². The average Bonchev–Trinajstić information content (AvgIpc) is 3.88. The third kappa shape index (κ3) is 15.3. The number of aliphatic hydroxyl groups is 2. The smallest absolute Gasteiger partial charge is 0.372 e. The molecule has 0 saturated carbocycles. The summed E-state index contributed by atoms with van der Waals surface area (Å²) in [5, 5.41) is 73.5. The van der Waals surface area contributed by atoms with Gasteiger partial charge in [0.2, 0.25) is 23.1 Å². The third-order valence-electron chi connectivity index (χ3n) is 9.39. The Balaban J connectivity index is 0.000000238. The van der Waals surface area contributed by atoms with Crippen LogP contribution < -0.4 is 0 Å². The second-order valence-corrected chi connectivity index (χ2v) is 14.3. The van der Waals surface area contributed by atoms with E-state index in [1.165, 1.54) is 6.20 Å². The summed E-state index contributed by atoms with van der Waals surface area (Å²) >= 11 is 0. The van der Waals surface area contributed by atoms with Gasteiger partial charge in [0.05, 0.1) is 12.8 Å². The van der Waals surface area contributed by atoms with Crippen molar-refractivity contribution in [1.29, 1.82) is 0 Å². The van der Waals surface area contributed by atoms with Gasteiger partial charge >= 0.3 is 35.8 Å². The molecule has 0 bridgehead atoms. The highest BCUT2D eigenvalue weighted by Gasteiger charge is 2.41. The minimum Gasteiger partial charge on any atom is -0.479 e. The van der Waals surface area contributed by atoms with Crippen LogP contribution in [0.15, 0.2) is 122 Å². The summed E-state index contributed by atoms with van der Waals surface area (Å²) in [5.74, 6) is -13.8. The fourth-order valence-corrected chi connectivity index (χ4v) is 6.02. The van der Waals surface area contributed by atoms with Gasteiger partial charge in [-0.1, -0.05) is 97.1 Å². The monoisotopic (exact) mass is 910 g/mol. The molecule has 344 valence electrons. The van der Waals surface area contributed by atoms with Crippen LogP contribution >= 0.6 is 0 Å². The number of carboxylic acid groups (broad SMARTS) is 6. The van der Waals surface area contributed by atoms with E-state index in [4.69, 9.17) is 30.6 Å². The molecule has 2 unspecified atom stereocenters. The van der Waals surface area contributed by atoms with E-state index < -0.39 is 83.0 Å². The van der Waals surface area contributed by atoms with Crippen molar-refractivity contribution in [1.82, 2.24) is 9.97 Å². The molecular weight excluding hydrogens is 869 g/mol. The number of aromatic nitrogens is 2. The van der Waals surface area contributed by atoms with Gasteiger partial charge in [-0.05, 0) is 34.4 Å². The molecule has 0 aliphatic heterocycles. The minimum atomic E-state index is -2.46. The lowest BCUT2D eigenvalue weighted by Crippen LogP contribution is -2.44. The number of rotatable bonds is 18. The number of H-pyrrole nitrogens is 2. The summed E-state index contributed by atoms with van der Waals surface area (Å²) in [6.07, 6.45) is 0.447. The normalized spacial score (nSPS) is 12.2. The van der Waals surface area contributed by atoms with E-state index in [-0.39, 0.29) is 25.7 Å². The minimum absolute atomic E-state index is 0.0316. The largest absolute Gasteiger partial charge is 0.479 e. The number of carboxylic acids is 6. The highest BCUT2D eigenvalue weighted by atomic mass is 16.4. The Morgan fingerprint density at radius 2 is 0.742 bits per heavy atom. The van der Waals surface area contributed by atoms with Crippen LogP contribution in [0.2, 0.25) is 0 Å². The van der Waals surface area contributed by atoms with Gasteiger partial charge in [0.1, 0.15) is 0 Å². The number of ketones is 4. The molecule has 0 aliphatic carbocycles. The van der Waals surface area contributed by atoms with Crippen molar-refractivity contribution in [2.24, 2.45) is 0 Å². The molecule has 0 saturated heterocycles. The van der Waals surface area contributed by atoms with Gasteiger partial charge in [-0.3, -0.25) is 19.2 Å². The number of carbonyl (C=O) groups is 10. The zero-order valence-corrected chi connectivity index (χ0v) is 34.4. The van der Waals surface area contributed by atoms with Crippen LogP contribution in [0.5, 0.6) is 0 Å². The van der Waals surface area contributed by atoms with Gasteiger partial charge < -0.3 is 50.8 Å². The predicted octanol–water partition coefficient (Wildman–Crippen LogP) is 2.91. The second kappa shape index (κ2) is 23.7. The zero-order chi connectivity index (χ0) is 49.2. The number of fused-ring (bicyclic) bond motifs is 2. The van der Waals surface area contributed by atoms with Gasteiger partial charge in [-0.15, -0.1) is 0 Å². The first-order chi connectivity index (χ1) is 31.1. The molecule has 6 rings (SSSR count). The average molecular weight is 911 g/mol. The van der Waals surface area contributed by atoms with E-state index in [0.717, 1.165) is 27.5 Å². The molecule has 0 spiro atoms. The van der Waals surface area contributed by atoms with Crippen LogP contribution in [0.4, 0.5) is 0 Å². The Morgan fingerprint density at radius 1 is 0.394 bits per heavy atom. The number of hydrogen-bond acceptors (Lipinski definition) is 12. The lowest BCUT2D eigenvalue weighted by Gasteiger charge is -2.21. The first kappa shape index (κ1) is 51.7. The molecule has 0 aliphatic rings. The number of Topliss-reactive ketones (excluding diaryl/α,β-unsaturated/α-hetero) is 4. The maximum absolute atomic E-state index is 11.2. The summed E-state index contributed by atoms with van der Waals surface area (Å²) in [6, 6.07) is 31.5. The first-order valence-electron chi connectivity index (χ1n) is 19.2. The Bertz CT molecular complexity index is 2740. The number of benzene rings is 4. The number of hydrogen-bond donors (Lipinski definition) is 10. The number of para-hydroxylation sites is 2. The molecule has 2 aromatic heterocycles. The fraction of sp³-hybridized carbons (Fsp3) is 0.174. The first-order valence-corrected chi connectivity index (χ1v) is 19.2. The van der Waals surface area contributed by atoms with E-state index >= 15 is 0 Å². The summed E-state index contributed by atoms with van der Waals surface area (Å²) < 4.78 is 0. The number of aromatic amines is 2. The molecule has 6 aromatic rings. The lowest BCUT2D eigenvalue weighted by atomic mass is 9.89. The van der Waals surface area contributed by atoms with Gasteiger partial charge in [0.25, 0.3) is 0 Å². The topological polar surface area (TPSA) is 364 Å². The Morgan fingerprint density at radius 3 is 1.17 bits per heavy atom. The predicted molar refractivity (Wildman–Crippen MR) is 229 cm³/mol. The molecule has 0 radical (unpaired) electrons. The van der Waals surface area contributed by atoms with Crippen LogP contribution in [0.1, 0.15) is 35.1 Å². The summed E-state index contributed by atoms with van der Waals surface area (Å²) in [4.78, 5) is 114. The zero-order valence-electron chi connectivity index (χ0n) is 34.4. The molecule has 66 heavy (non-hydrogen) atoms. The maximum atomic E-state index is 11.2. The van der Waals surface area contributed by atoms with Crippen LogP contribution in [-0.2, 0) is 73.6 Å². The Kier molecular flexibility index (Phi) is 18.6.